The molecule has 0 spiro atoms. The third kappa shape index (κ3) is 4.92. The molecule has 0 saturated carbocycles. The lowest BCUT2D eigenvalue weighted by Gasteiger charge is -2.08. The Morgan fingerprint density at radius 1 is 1.05 bits per heavy atom. The van der Waals surface area contributed by atoms with E-state index in [1.54, 1.807) is 60.2 Å². The van der Waals surface area contributed by atoms with E-state index >= 15 is 0 Å². The van der Waals surface area contributed by atoms with E-state index in [9.17, 15) is 13.2 Å². The number of nitrogens with zero attached hydrogens (tertiary/aromatic N) is 2. The van der Waals surface area contributed by atoms with E-state index in [-0.39, 0.29) is 10.8 Å². The summed E-state index contributed by atoms with van der Waals surface area (Å²) in [5, 5.41) is 4.33. The molecule has 0 radical (unpaired) electrons. The van der Waals surface area contributed by atoms with E-state index in [0.717, 1.165) is 38.4 Å². The number of rotatable bonds is 6. The van der Waals surface area contributed by atoms with Gasteiger partial charge in [-0.05, 0) is 67.1 Å². The number of thiazole rings is 1. The monoisotopic (exact) mass is 550 g/mol. The molecule has 0 aliphatic rings. The Bertz CT molecular complexity index is 1740. The van der Waals surface area contributed by atoms with Crippen molar-refractivity contribution >= 4 is 49.6 Å². The van der Waals surface area contributed by atoms with E-state index in [1.165, 1.54) is 17.6 Å². The molecule has 0 bridgehead atoms. The molecule has 3 aromatic carbocycles. The predicted octanol–water partition coefficient (Wildman–Crippen LogP) is 6.42. The molecule has 0 aliphatic carbocycles. The minimum Gasteiger partial charge on any atom is -0.497 e. The summed E-state index contributed by atoms with van der Waals surface area (Å²) >= 11 is 7.55. The maximum absolute atomic E-state index is 13.5. The lowest BCUT2D eigenvalue weighted by molar-refractivity contribution is 0.0963. The molecule has 0 atom stereocenters. The quantitative estimate of drug-likeness (QED) is 0.244. The smallest absolute Gasteiger partial charge is 0.262 e. The fourth-order valence-corrected chi connectivity index (χ4v) is 5.92. The predicted molar refractivity (Wildman–Crippen MR) is 148 cm³/mol. The van der Waals surface area contributed by atoms with Crippen LogP contribution in [0, 0.1) is 6.92 Å². The highest BCUT2D eigenvalue weighted by atomic mass is 35.5. The number of benzene rings is 3. The summed E-state index contributed by atoms with van der Waals surface area (Å²) in [5.41, 5.74) is 4.77. The molecular weight excluding hydrogens is 528 g/mol. The van der Waals surface area contributed by atoms with Crippen molar-refractivity contribution < 1.29 is 17.9 Å². The zero-order valence-electron chi connectivity index (χ0n) is 20.4. The van der Waals surface area contributed by atoms with Crippen molar-refractivity contribution in [3.8, 4) is 17.0 Å². The van der Waals surface area contributed by atoms with Crippen LogP contribution in [-0.4, -0.2) is 37.2 Å². The number of halogens is 1. The SMILES string of the molecule is COc1ccc2c(c1)c(Cc1nc(-c3ccc(S(C)(=O)=O)cc3)cs1)c(C)n2C(=O)c1ccc(Cl)cc1. The van der Waals surface area contributed by atoms with Crippen LogP contribution in [0.1, 0.15) is 26.6 Å². The average Bonchev–Trinajstić information content (AvgIpc) is 3.46. The van der Waals surface area contributed by atoms with Crippen molar-refractivity contribution in [2.45, 2.75) is 18.2 Å². The van der Waals surface area contributed by atoms with Gasteiger partial charge in [-0.1, -0.05) is 23.7 Å². The van der Waals surface area contributed by atoms with Gasteiger partial charge in [0.05, 0.1) is 28.2 Å². The molecule has 0 aliphatic heterocycles. The number of methoxy groups -OCH3 is 1. The highest BCUT2D eigenvalue weighted by Gasteiger charge is 2.21. The Morgan fingerprint density at radius 2 is 1.76 bits per heavy atom. The van der Waals surface area contributed by atoms with Gasteiger partial charge in [-0.3, -0.25) is 9.36 Å². The van der Waals surface area contributed by atoms with Gasteiger partial charge in [0.1, 0.15) is 5.75 Å². The van der Waals surface area contributed by atoms with Gasteiger partial charge in [0.15, 0.2) is 9.84 Å². The second kappa shape index (κ2) is 9.78. The topological polar surface area (TPSA) is 78.3 Å². The van der Waals surface area contributed by atoms with E-state index < -0.39 is 9.84 Å². The third-order valence-corrected chi connectivity index (χ3v) is 8.52. The standard InChI is InChI=1S/C28H23ClN2O4S2/c1-17-23(15-27-30-25(16-36-27)18-6-11-22(12-7-18)37(3,33)34)24-14-21(35-2)10-13-26(24)31(17)28(32)19-4-8-20(29)9-5-19/h4-14,16H,15H2,1-3H3. The molecule has 188 valence electrons. The lowest BCUT2D eigenvalue weighted by Crippen LogP contribution is -2.13. The summed E-state index contributed by atoms with van der Waals surface area (Å²) in [6.45, 7) is 1.94. The van der Waals surface area contributed by atoms with Gasteiger partial charge in [0.2, 0.25) is 0 Å². The number of hydrogen-bond acceptors (Lipinski definition) is 6. The Labute approximate surface area is 224 Å². The third-order valence-electron chi connectivity index (χ3n) is 6.29. The summed E-state index contributed by atoms with van der Waals surface area (Å²) in [6.07, 6.45) is 1.72. The first-order valence-electron chi connectivity index (χ1n) is 11.4. The van der Waals surface area contributed by atoms with E-state index in [4.69, 9.17) is 21.3 Å². The van der Waals surface area contributed by atoms with E-state index in [0.29, 0.717) is 22.8 Å². The first kappa shape index (κ1) is 25.2. The molecule has 0 unspecified atom stereocenters. The Morgan fingerprint density at radius 3 is 2.41 bits per heavy atom. The Balaban J connectivity index is 1.54. The van der Waals surface area contributed by atoms with Crippen LogP contribution in [0.25, 0.3) is 22.2 Å². The summed E-state index contributed by atoms with van der Waals surface area (Å²) in [4.78, 5) is 18.6. The normalized spacial score (nSPS) is 11.7. The Kier molecular flexibility index (Phi) is 6.66. The highest BCUT2D eigenvalue weighted by molar-refractivity contribution is 7.90. The molecule has 0 saturated heterocycles. The minimum atomic E-state index is -3.26. The van der Waals surface area contributed by atoms with Gasteiger partial charge in [-0.2, -0.15) is 0 Å². The number of fused-ring (bicyclic) bond motifs is 1. The Hall–Kier alpha value is -3.46. The molecule has 2 aromatic heterocycles. The van der Waals surface area contributed by atoms with Crippen LogP contribution >= 0.6 is 22.9 Å². The number of hydrogen-bond donors (Lipinski definition) is 0. The maximum atomic E-state index is 13.5. The van der Waals surface area contributed by atoms with Crippen LogP contribution in [0.2, 0.25) is 5.02 Å². The van der Waals surface area contributed by atoms with Crippen LogP contribution in [0.15, 0.2) is 77.0 Å². The van der Waals surface area contributed by atoms with Crippen molar-refractivity contribution in [1.82, 2.24) is 9.55 Å². The molecule has 2 heterocycles. The maximum Gasteiger partial charge on any atom is 0.262 e. The van der Waals surface area contributed by atoms with Crippen LogP contribution in [-0.2, 0) is 16.3 Å². The average molecular weight is 551 g/mol. The van der Waals surface area contributed by atoms with Crippen LogP contribution < -0.4 is 4.74 Å². The molecule has 37 heavy (non-hydrogen) atoms. The number of sulfone groups is 1. The van der Waals surface area contributed by atoms with Gasteiger partial charge in [-0.15, -0.1) is 11.3 Å². The van der Waals surface area contributed by atoms with Gasteiger partial charge in [0.25, 0.3) is 5.91 Å². The molecule has 0 amide bonds. The molecule has 0 N–H and O–H groups in total. The number of aromatic nitrogens is 2. The lowest BCUT2D eigenvalue weighted by atomic mass is 10.1. The number of carbonyl (C=O) groups is 1. The fourth-order valence-electron chi connectivity index (χ4n) is 4.34. The molecule has 5 rings (SSSR count). The second-order valence-electron chi connectivity index (χ2n) is 8.69. The van der Waals surface area contributed by atoms with Crippen molar-refractivity contribution in [1.29, 1.82) is 0 Å². The van der Waals surface area contributed by atoms with Crippen molar-refractivity contribution in [3.63, 3.8) is 0 Å². The zero-order chi connectivity index (χ0) is 26.3. The van der Waals surface area contributed by atoms with Crippen molar-refractivity contribution in [3.05, 3.63) is 99.0 Å². The molecule has 9 heteroatoms. The largest absolute Gasteiger partial charge is 0.497 e. The van der Waals surface area contributed by atoms with Gasteiger partial charge >= 0.3 is 0 Å². The molecule has 0 fully saturated rings. The second-order valence-corrected chi connectivity index (χ2v) is 12.1. The van der Waals surface area contributed by atoms with Gasteiger partial charge < -0.3 is 4.74 Å². The minimum absolute atomic E-state index is 0.138. The first-order valence-corrected chi connectivity index (χ1v) is 14.5. The van der Waals surface area contributed by atoms with Crippen LogP contribution in [0.3, 0.4) is 0 Å². The number of ether oxygens (including phenoxy) is 1. The first-order chi connectivity index (χ1) is 17.7. The summed E-state index contributed by atoms with van der Waals surface area (Å²) in [7, 11) is -1.64. The fraction of sp³-hybridized carbons (Fsp3) is 0.143. The summed E-state index contributed by atoms with van der Waals surface area (Å²) < 4.78 is 30.7. The molecule has 6 nitrogen and oxygen atoms in total. The zero-order valence-corrected chi connectivity index (χ0v) is 22.7. The van der Waals surface area contributed by atoms with Crippen molar-refractivity contribution in [2.75, 3.05) is 13.4 Å². The van der Waals surface area contributed by atoms with Gasteiger partial charge in [-0.25, -0.2) is 13.4 Å². The van der Waals surface area contributed by atoms with Crippen LogP contribution in [0.5, 0.6) is 5.75 Å². The van der Waals surface area contributed by atoms with Crippen LogP contribution in [0.4, 0.5) is 0 Å². The summed E-state index contributed by atoms with van der Waals surface area (Å²) in [6, 6.07) is 19.3. The van der Waals surface area contributed by atoms with Crippen molar-refractivity contribution in [2.24, 2.45) is 0 Å². The van der Waals surface area contributed by atoms with E-state index in [1.807, 2.05) is 30.5 Å². The summed E-state index contributed by atoms with van der Waals surface area (Å²) in [5.74, 6) is 0.567. The molecular formula is C28H23ClN2O4S2. The van der Waals surface area contributed by atoms with Gasteiger partial charge in [0, 0.05) is 45.3 Å². The highest BCUT2D eigenvalue weighted by Crippen LogP contribution is 2.33. The number of carbonyl (C=O) groups excluding carboxylic acids is 1. The van der Waals surface area contributed by atoms with E-state index in [2.05, 4.69) is 0 Å². The molecule has 5 aromatic rings.